The molecule has 0 radical (unpaired) electrons. The van der Waals surface area contributed by atoms with Crippen LogP contribution in [0.5, 0.6) is 0 Å². The van der Waals surface area contributed by atoms with Gasteiger partial charge in [0.15, 0.2) is 22.2 Å². The molecular formula is C36H66O6Si2. The molecule has 1 saturated heterocycles. The van der Waals surface area contributed by atoms with Crippen molar-refractivity contribution in [1.29, 1.82) is 0 Å². The molecule has 44 heavy (non-hydrogen) atoms. The van der Waals surface area contributed by atoms with Crippen LogP contribution in [0.2, 0.25) is 36.3 Å². The Kier molecular flexibility index (Phi) is 12.1. The van der Waals surface area contributed by atoms with Crippen LogP contribution in [-0.2, 0) is 27.9 Å². The summed E-state index contributed by atoms with van der Waals surface area (Å²) in [6.07, 6.45) is 11.7. The number of hydrogen-bond donors (Lipinski definition) is 0. The van der Waals surface area contributed by atoms with Gasteiger partial charge in [0.05, 0.1) is 12.2 Å². The largest absolute Gasteiger partial charge is 0.459 e. The lowest BCUT2D eigenvalue weighted by Gasteiger charge is -2.46. The van der Waals surface area contributed by atoms with Gasteiger partial charge in [-0.3, -0.25) is 0 Å². The maximum atomic E-state index is 13.5. The summed E-state index contributed by atoms with van der Waals surface area (Å²) in [5.74, 6) is 0.551. The van der Waals surface area contributed by atoms with Gasteiger partial charge in [-0.05, 0) is 100 Å². The van der Waals surface area contributed by atoms with Gasteiger partial charge in [-0.25, -0.2) is 4.79 Å². The van der Waals surface area contributed by atoms with E-state index in [0.29, 0.717) is 24.9 Å². The summed E-state index contributed by atoms with van der Waals surface area (Å²) in [7, 11) is -3.86. The van der Waals surface area contributed by atoms with Gasteiger partial charge in [-0.1, -0.05) is 66.7 Å². The van der Waals surface area contributed by atoms with Crippen LogP contribution in [0.1, 0.15) is 101 Å². The Bertz CT molecular complexity index is 1030. The monoisotopic (exact) mass is 650 g/mol. The molecule has 1 heterocycles. The average Bonchev–Trinajstić information content (AvgIpc) is 2.86. The minimum Gasteiger partial charge on any atom is -0.459 e. The number of allylic oxidation sites excluding steroid dienone is 2. The predicted octanol–water partition coefficient (Wildman–Crippen LogP) is 9.22. The van der Waals surface area contributed by atoms with Crippen molar-refractivity contribution in [2.24, 2.45) is 17.8 Å². The lowest BCUT2D eigenvalue weighted by molar-refractivity contribution is -0.178. The van der Waals surface area contributed by atoms with Crippen LogP contribution < -0.4 is 0 Å². The van der Waals surface area contributed by atoms with Crippen molar-refractivity contribution in [2.45, 2.75) is 168 Å². The van der Waals surface area contributed by atoms with Crippen LogP contribution in [-0.4, -0.2) is 65.8 Å². The Morgan fingerprint density at radius 1 is 0.932 bits per heavy atom. The van der Waals surface area contributed by atoms with E-state index < -0.39 is 22.2 Å². The normalized spacial score (nSPS) is 30.5. The van der Waals surface area contributed by atoms with E-state index in [1.54, 1.807) is 0 Å². The highest BCUT2D eigenvalue weighted by molar-refractivity contribution is 6.74. The summed E-state index contributed by atoms with van der Waals surface area (Å²) in [4.78, 5) is 13.5. The van der Waals surface area contributed by atoms with E-state index >= 15 is 0 Å². The second-order valence-corrected chi connectivity index (χ2v) is 26.7. The molecule has 0 aromatic heterocycles. The number of ether oxygens (including phenoxy) is 3. The number of fused-ring (bicyclic) bond motifs is 1. The van der Waals surface area contributed by atoms with Crippen molar-refractivity contribution in [3.8, 4) is 0 Å². The van der Waals surface area contributed by atoms with Gasteiger partial charge >= 0.3 is 5.97 Å². The third kappa shape index (κ3) is 9.18. The minimum absolute atomic E-state index is 0.0798. The molecule has 0 aromatic carbocycles. The van der Waals surface area contributed by atoms with Gasteiger partial charge in [0.25, 0.3) is 0 Å². The predicted molar refractivity (Wildman–Crippen MR) is 186 cm³/mol. The standard InChI is InChI=1S/C36H66O6Si2/c1-15-39-36(9,10)33(37)40-31-24-29(42-44(13,14)35(6,7)8)22-26-17-16-25(2)30(32(26)31)19-18-27-23-28(20-21-38-27)41-43(11,12)34(3,4)5/h16-17,22,25,27-32H,15,18-21,23-24H2,1-14H3/t25-,27+,28+,29+,30-,31-,32-/m0/s1. The Morgan fingerprint density at radius 2 is 1.55 bits per heavy atom. The molecule has 1 fully saturated rings. The summed E-state index contributed by atoms with van der Waals surface area (Å²) >= 11 is 0. The van der Waals surface area contributed by atoms with Crippen molar-refractivity contribution in [1.82, 2.24) is 0 Å². The SMILES string of the molecule is CCOC(C)(C)C(=O)O[C@H]1C[C@H](O[Si](C)(C)C(C)(C)C)C=C2C=C[C@H](C)[C@H](CC[C@@H]3C[C@H](O[Si](C)(C)C(C)(C)C)CCO3)[C@H]21. The van der Waals surface area contributed by atoms with Crippen molar-refractivity contribution in [3.05, 3.63) is 23.8 Å². The van der Waals surface area contributed by atoms with E-state index in [4.69, 9.17) is 23.1 Å². The quantitative estimate of drug-likeness (QED) is 0.164. The molecule has 0 spiro atoms. The Hall–Kier alpha value is -0.776. The lowest BCUT2D eigenvalue weighted by atomic mass is 9.66. The van der Waals surface area contributed by atoms with Gasteiger partial charge in [0.2, 0.25) is 0 Å². The number of carbonyl (C=O) groups is 1. The molecule has 0 saturated carbocycles. The molecule has 0 amide bonds. The molecule has 6 nitrogen and oxygen atoms in total. The maximum Gasteiger partial charge on any atom is 0.338 e. The van der Waals surface area contributed by atoms with E-state index in [0.717, 1.165) is 32.3 Å². The highest BCUT2D eigenvalue weighted by Crippen LogP contribution is 2.47. The van der Waals surface area contributed by atoms with Crippen molar-refractivity contribution < 1.29 is 27.9 Å². The van der Waals surface area contributed by atoms with Crippen LogP contribution in [0.3, 0.4) is 0 Å². The lowest BCUT2D eigenvalue weighted by Crippen LogP contribution is -2.49. The number of hydrogen-bond acceptors (Lipinski definition) is 6. The summed E-state index contributed by atoms with van der Waals surface area (Å²) in [5, 5.41) is 0.292. The summed E-state index contributed by atoms with van der Waals surface area (Å²) in [5.41, 5.74) is 0.255. The third-order valence-electron chi connectivity index (χ3n) is 11.3. The fourth-order valence-electron chi connectivity index (χ4n) is 6.43. The highest BCUT2D eigenvalue weighted by atomic mass is 28.4. The molecule has 254 valence electrons. The fourth-order valence-corrected chi connectivity index (χ4v) is 9.11. The first kappa shape index (κ1) is 37.7. The van der Waals surface area contributed by atoms with Crippen molar-refractivity contribution in [3.63, 3.8) is 0 Å². The van der Waals surface area contributed by atoms with E-state index in [-0.39, 0.29) is 46.4 Å². The first-order valence-electron chi connectivity index (χ1n) is 17.3. The van der Waals surface area contributed by atoms with Gasteiger partial charge in [0, 0.05) is 31.7 Å². The van der Waals surface area contributed by atoms with Crippen LogP contribution in [0.4, 0.5) is 0 Å². The number of rotatable bonds is 11. The topological polar surface area (TPSA) is 63.2 Å². The van der Waals surface area contributed by atoms with Crippen LogP contribution in [0.25, 0.3) is 0 Å². The van der Waals surface area contributed by atoms with Crippen LogP contribution >= 0.6 is 0 Å². The zero-order chi connectivity index (χ0) is 33.3. The molecule has 2 aliphatic carbocycles. The van der Waals surface area contributed by atoms with Gasteiger partial charge in [-0.15, -0.1) is 0 Å². The van der Waals surface area contributed by atoms with E-state index in [9.17, 15) is 4.79 Å². The molecule has 3 aliphatic rings. The fraction of sp³-hybridized carbons (Fsp3) is 0.861. The van der Waals surface area contributed by atoms with Crippen molar-refractivity contribution in [2.75, 3.05) is 13.2 Å². The summed E-state index contributed by atoms with van der Waals surface area (Å²) in [6, 6.07) is 0. The van der Waals surface area contributed by atoms with Gasteiger partial charge in [0.1, 0.15) is 6.10 Å². The third-order valence-corrected chi connectivity index (χ3v) is 20.3. The summed E-state index contributed by atoms with van der Waals surface area (Å²) in [6.45, 7) is 32.1. The molecule has 8 heteroatoms. The Morgan fingerprint density at radius 3 is 2.14 bits per heavy atom. The molecule has 0 bridgehead atoms. The van der Waals surface area contributed by atoms with Gasteiger partial charge < -0.3 is 23.1 Å². The second-order valence-electron chi connectivity index (χ2n) is 17.2. The van der Waals surface area contributed by atoms with Gasteiger partial charge in [-0.2, -0.15) is 0 Å². The highest BCUT2D eigenvalue weighted by Gasteiger charge is 2.47. The Balaban J connectivity index is 1.82. The average molecular weight is 651 g/mol. The first-order chi connectivity index (χ1) is 20.1. The number of carbonyl (C=O) groups excluding carboxylic acids is 1. The first-order valence-corrected chi connectivity index (χ1v) is 23.1. The summed E-state index contributed by atoms with van der Waals surface area (Å²) < 4.78 is 32.3. The molecular weight excluding hydrogens is 585 g/mol. The maximum absolute atomic E-state index is 13.5. The zero-order valence-corrected chi connectivity index (χ0v) is 32.7. The molecule has 7 atom stereocenters. The molecule has 3 rings (SSSR count). The molecule has 0 unspecified atom stereocenters. The molecule has 1 aliphatic heterocycles. The smallest absolute Gasteiger partial charge is 0.338 e. The van der Waals surface area contributed by atoms with Crippen LogP contribution in [0.15, 0.2) is 23.8 Å². The Labute approximate surface area is 272 Å². The number of esters is 1. The second kappa shape index (κ2) is 14.1. The van der Waals surface area contributed by atoms with Crippen LogP contribution in [0, 0.1) is 17.8 Å². The molecule has 0 aromatic rings. The zero-order valence-electron chi connectivity index (χ0n) is 30.7. The van der Waals surface area contributed by atoms with E-state index in [1.165, 1.54) is 5.57 Å². The van der Waals surface area contributed by atoms with E-state index in [1.807, 2.05) is 20.8 Å². The molecule has 0 N–H and O–H groups in total. The van der Waals surface area contributed by atoms with E-state index in [2.05, 4.69) is 92.9 Å². The van der Waals surface area contributed by atoms with Crippen molar-refractivity contribution >= 4 is 22.6 Å². The minimum atomic E-state index is -2.03.